The van der Waals surface area contributed by atoms with Crippen LogP contribution in [0.2, 0.25) is 0 Å². The summed E-state index contributed by atoms with van der Waals surface area (Å²) in [5.74, 6) is 0.243. The van der Waals surface area contributed by atoms with Crippen LogP contribution in [0, 0.1) is 5.82 Å². The minimum atomic E-state index is -0.351. The Morgan fingerprint density at radius 3 is 2.96 bits per heavy atom. The number of thioether (sulfide) groups is 1. The topological polar surface area (TPSA) is 81.9 Å². The molecule has 0 fully saturated rings. The predicted octanol–water partition coefficient (Wildman–Crippen LogP) is 3.84. The maximum atomic E-state index is 13.2. The second kappa shape index (κ2) is 8.96. The van der Waals surface area contributed by atoms with Gasteiger partial charge in [0.05, 0.1) is 6.61 Å². The van der Waals surface area contributed by atoms with Gasteiger partial charge in [-0.15, -0.1) is 15.3 Å². The van der Waals surface area contributed by atoms with Crippen LogP contribution in [0.3, 0.4) is 0 Å². The standard InChI is InChI=1S/C17H18FN5O2S2/c1-3-23-9-13(15(22-23)25-4-2)14(24)19-16-20-21-17(27-16)26-10-11-6-5-7-12(18)8-11/h5-9H,3-4,10H2,1-2H3,(H,19,20,24). The minimum Gasteiger partial charge on any atom is -0.476 e. The molecule has 3 aromatic rings. The van der Waals surface area contributed by atoms with Gasteiger partial charge in [-0.3, -0.25) is 14.8 Å². The van der Waals surface area contributed by atoms with Crippen LogP contribution < -0.4 is 10.1 Å². The molecule has 0 saturated carbocycles. The lowest BCUT2D eigenvalue weighted by Gasteiger charge is -2.02. The average molecular weight is 407 g/mol. The summed E-state index contributed by atoms with van der Waals surface area (Å²) in [6, 6.07) is 6.41. The summed E-state index contributed by atoms with van der Waals surface area (Å²) in [5, 5.41) is 15.4. The van der Waals surface area contributed by atoms with E-state index in [1.54, 1.807) is 16.9 Å². The number of rotatable bonds is 8. The van der Waals surface area contributed by atoms with E-state index in [2.05, 4.69) is 20.6 Å². The highest BCUT2D eigenvalue weighted by Crippen LogP contribution is 2.29. The molecule has 0 saturated heterocycles. The Bertz CT molecular complexity index is 928. The third-order valence-corrected chi connectivity index (χ3v) is 5.50. The summed E-state index contributed by atoms with van der Waals surface area (Å²) in [7, 11) is 0. The Hall–Kier alpha value is -2.46. The number of aryl methyl sites for hydroxylation is 1. The van der Waals surface area contributed by atoms with E-state index in [4.69, 9.17) is 4.74 Å². The van der Waals surface area contributed by atoms with Gasteiger partial charge in [0.25, 0.3) is 5.91 Å². The largest absolute Gasteiger partial charge is 0.476 e. The van der Waals surface area contributed by atoms with Gasteiger partial charge in [-0.25, -0.2) is 4.39 Å². The number of benzene rings is 1. The monoisotopic (exact) mass is 407 g/mol. The second-order valence-electron chi connectivity index (χ2n) is 5.38. The number of amides is 1. The predicted molar refractivity (Wildman–Crippen MR) is 103 cm³/mol. The van der Waals surface area contributed by atoms with Crippen LogP contribution in [0.4, 0.5) is 9.52 Å². The molecule has 0 radical (unpaired) electrons. The van der Waals surface area contributed by atoms with Crippen molar-refractivity contribution in [3.05, 3.63) is 47.4 Å². The van der Waals surface area contributed by atoms with Crippen LogP contribution in [0.1, 0.15) is 29.8 Å². The molecule has 1 aromatic carbocycles. The number of hydrogen-bond donors (Lipinski definition) is 1. The molecule has 3 rings (SSSR count). The van der Waals surface area contributed by atoms with Crippen molar-refractivity contribution in [2.24, 2.45) is 0 Å². The van der Waals surface area contributed by atoms with Crippen molar-refractivity contribution in [1.29, 1.82) is 0 Å². The lowest BCUT2D eigenvalue weighted by Crippen LogP contribution is -2.12. The van der Waals surface area contributed by atoms with E-state index in [1.807, 2.05) is 19.9 Å². The van der Waals surface area contributed by atoms with Crippen molar-refractivity contribution in [1.82, 2.24) is 20.0 Å². The molecule has 1 N–H and O–H groups in total. The van der Waals surface area contributed by atoms with E-state index in [1.165, 1.54) is 35.2 Å². The molecule has 1 amide bonds. The molecular weight excluding hydrogens is 389 g/mol. The van der Waals surface area contributed by atoms with Crippen molar-refractivity contribution in [3.8, 4) is 5.88 Å². The van der Waals surface area contributed by atoms with Crippen molar-refractivity contribution in [3.63, 3.8) is 0 Å². The average Bonchev–Trinajstić information content (AvgIpc) is 3.27. The zero-order valence-corrected chi connectivity index (χ0v) is 16.4. The first kappa shape index (κ1) is 19.3. The fourth-order valence-corrected chi connectivity index (χ4v) is 3.91. The first-order valence-corrected chi connectivity index (χ1v) is 10.1. The summed E-state index contributed by atoms with van der Waals surface area (Å²) in [6.45, 7) is 4.81. The highest BCUT2D eigenvalue weighted by molar-refractivity contribution is 8.00. The number of aromatic nitrogens is 4. The second-order valence-corrected chi connectivity index (χ2v) is 7.58. The SMILES string of the molecule is CCOc1nn(CC)cc1C(=O)Nc1nnc(SCc2cccc(F)c2)s1. The normalized spacial score (nSPS) is 10.8. The molecule has 0 bridgehead atoms. The van der Waals surface area contributed by atoms with Gasteiger partial charge in [-0.05, 0) is 31.5 Å². The molecule has 2 heterocycles. The quantitative estimate of drug-likeness (QED) is 0.451. The molecule has 142 valence electrons. The van der Waals surface area contributed by atoms with E-state index >= 15 is 0 Å². The zero-order chi connectivity index (χ0) is 19.2. The molecule has 2 aromatic heterocycles. The van der Waals surface area contributed by atoms with Crippen LogP contribution in [-0.4, -0.2) is 32.5 Å². The Balaban J connectivity index is 1.63. The van der Waals surface area contributed by atoms with Gasteiger partial charge in [-0.1, -0.05) is 35.2 Å². The molecule has 0 spiro atoms. The van der Waals surface area contributed by atoms with Crippen molar-refractivity contribution < 1.29 is 13.9 Å². The summed E-state index contributed by atoms with van der Waals surface area (Å²) in [4.78, 5) is 12.5. The number of halogens is 1. The molecule has 7 nitrogen and oxygen atoms in total. The minimum absolute atomic E-state index is 0.268. The fraction of sp³-hybridized carbons (Fsp3) is 0.294. The maximum absolute atomic E-state index is 13.2. The first-order valence-electron chi connectivity index (χ1n) is 8.31. The van der Waals surface area contributed by atoms with E-state index in [-0.39, 0.29) is 11.7 Å². The van der Waals surface area contributed by atoms with Crippen LogP contribution >= 0.6 is 23.1 Å². The van der Waals surface area contributed by atoms with Crippen LogP contribution in [0.15, 0.2) is 34.8 Å². The van der Waals surface area contributed by atoms with Gasteiger partial charge < -0.3 is 4.74 Å². The fourth-order valence-electron chi connectivity index (χ4n) is 2.22. The van der Waals surface area contributed by atoms with Gasteiger partial charge in [-0.2, -0.15) is 0 Å². The highest BCUT2D eigenvalue weighted by Gasteiger charge is 2.19. The smallest absolute Gasteiger partial charge is 0.264 e. The Morgan fingerprint density at radius 2 is 2.22 bits per heavy atom. The number of ether oxygens (including phenoxy) is 1. The van der Waals surface area contributed by atoms with Gasteiger partial charge >= 0.3 is 0 Å². The lowest BCUT2D eigenvalue weighted by molar-refractivity contribution is 0.102. The number of nitrogens with zero attached hydrogens (tertiary/aromatic N) is 4. The molecular formula is C17H18FN5O2S2. The summed E-state index contributed by atoms with van der Waals surface area (Å²) in [6.07, 6.45) is 1.64. The summed E-state index contributed by atoms with van der Waals surface area (Å²) in [5.41, 5.74) is 1.21. The highest BCUT2D eigenvalue weighted by atomic mass is 32.2. The summed E-state index contributed by atoms with van der Waals surface area (Å²) < 4.78 is 21.0. The zero-order valence-electron chi connectivity index (χ0n) is 14.8. The third kappa shape index (κ3) is 5.04. The van der Waals surface area contributed by atoms with Crippen LogP contribution in [0.25, 0.3) is 0 Å². The van der Waals surface area contributed by atoms with E-state index in [9.17, 15) is 9.18 Å². The Morgan fingerprint density at radius 1 is 1.37 bits per heavy atom. The van der Waals surface area contributed by atoms with E-state index in [0.29, 0.717) is 39.8 Å². The maximum Gasteiger partial charge on any atom is 0.264 e. The number of hydrogen-bond acceptors (Lipinski definition) is 7. The molecule has 0 aliphatic carbocycles. The summed E-state index contributed by atoms with van der Waals surface area (Å²) >= 11 is 2.69. The van der Waals surface area contributed by atoms with E-state index in [0.717, 1.165) is 5.56 Å². The number of nitrogens with one attached hydrogen (secondary N) is 1. The van der Waals surface area contributed by atoms with Gasteiger partial charge in [0.15, 0.2) is 4.34 Å². The lowest BCUT2D eigenvalue weighted by atomic mass is 10.2. The van der Waals surface area contributed by atoms with Crippen LogP contribution in [0.5, 0.6) is 5.88 Å². The van der Waals surface area contributed by atoms with Gasteiger partial charge in [0.1, 0.15) is 11.4 Å². The molecule has 0 atom stereocenters. The third-order valence-electron chi connectivity index (χ3n) is 3.46. The van der Waals surface area contributed by atoms with Gasteiger partial charge in [0.2, 0.25) is 11.0 Å². The molecule has 27 heavy (non-hydrogen) atoms. The van der Waals surface area contributed by atoms with Crippen LogP contribution in [-0.2, 0) is 12.3 Å². The Labute approximate surface area is 164 Å². The number of carbonyl (C=O) groups excluding carboxylic acids is 1. The number of carbonyl (C=O) groups is 1. The van der Waals surface area contributed by atoms with E-state index < -0.39 is 0 Å². The molecule has 0 unspecified atom stereocenters. The molecule has 0 aliphatic heterocycles. The van der Waals surface area contributed by atoms with Gasteiger partial charge in [0, 0.05) is 18.5 Å². The number of anilines is 1. The Kier molecular flexibility index (Phi) is 6.40. The molecule has 10 heteroatoms. The molecule has 0 aliphatic rings. The first-order chi connectivity index (χ1) is 13.1. The van der Waals surface area contributed by atoms with Crippen molar-refractivity contribution >= 4 is 34.1 Å². The van der Waals surface area contributed by atoms with Crippen molar-refractivity contribution in [2.45, 2.75) is 30.5 Å². The van der Waals surface area contributed by atoms with Crippen molar-refractivity contribution in [2.75, 3.05) is 11.9 Å².